The van der Waals surface area contributed by atoms with Crippen LogP contribution in [0.15, 0.2) is 0 Å². The van der Waals surface area contributed by atoms with Crippen LogP contribution in [-0.4, -0.2) is 11.7 Å². The first kappa shape index (κ1) is 8.69. The minimum atomic E-state index is -0.370. The van der Waals surface area contributed by atoms with Crippen LogP contribution in [0.4, 0.5) is 0 Å². The van der Waals surface area contributed by atoms with E-state index >= 15 is 0 Å². The lowest BCUT2D eigenvalue weighted by molar-refractivity contribution is 0.365. The van der Waals surface area contributed by atoms with Crippen molar-refractivity contribution in [1.29, 1.82) is 0 Å². The standard InChI is InChI=1S/C6H12NOS/c1-6(2,3)4-7-5(8)9/h4H2,1-3H3,(H,7,9). The van der Waals surface area contributed by atoms with Gasteiger partial charge in [-0.25, -0.2) is 0 Å². The molecule has 0 fully saturated rings. The van der Waals surface area contributed by atoms with Crippen molar-refractivity contribution < 1.29 is 5.11 Å². The molecule has 0 unspecified atom stereocenters. The van der Waals surface area contributed by atoms with Crippen molar-refractivity contribution in [2.24, 2.45) is 5.41 Å². The molecule has 1 N–H and O–H groups in total. The normalized spacial score (nSPS) is 11.0. The average Bonchev–Trinajstić information content (AvgIpc) is 1.59. The molecular weight excluding hydrogens is 134 g/mol. The molecule has 0 spiro atoms. The summed E-state index contributed by atoms with van der Waals surface area (Å²) in [6, 6.07) is 0. The Morgan fingerprint density at radius 1 is 1.56 bits per heavy atom. The van der Waals surface area contributed by atoms with E-state index in [0.29, 0.717) is 6.54 Å². The lowest BCUT2D eigenvalue weighted by Crippen LogP contribution is -2.29. The Morgan fingerprint density at radius 2 is 2.00 bits per heavy atom. The predicted octanol–water partition coefficient (Wildman–Crippen LogP) is 1.34. The third-order valence-corrected chi connectivity index (χ3v) is 0.907. The molecule has 0 aromatic rings. The largest absolute Gasteiger partial charge is 0.343 e. The number of hydrogen-bond donors (Lipinski definition) is 1. The smallest absolute Gasteiger partial charge is 0.310 e. The van der Waals surface area contributed by atoms with E-state index in [1.165, 1.54) is 0 Å². The van der Waals surface area contributed by atoms with Crippen LogP contribution in [0.5, 0.6) is 0 Å². The lowest BCUT2D eigenvalue weighted by Gasteiger charge is -2.16. The van der Waals surface area contributed by atoms with Gasteiger partial charge in [-0.1, -0.05) is 20.8 Å². The van der Waals surface area contributed by atoms with E-state index < -0.39 is 0 Å². The summed E-state index contributed by atoms with van der Waals surface area (Å²) in [7, 11) is 0. The highest BCUT2D eigenvalue weighted by atomic mass is 32.1. The minimum absolute atomic E-state index is 0.133. The van der Waals surface area contributed by atoms with E-state index in [1.807, 2.05) is 20.8 Å². The van der Waals surface area contributed by atoms with E-state index in [-0.39, 0.29) is 10.6 Å². The quantitative estimate of drug-likeness (QED) is 0.566. The second-order valence-electron chi connectivity index (χ2n) is 3.20. The summed E-state index contributed by atoms with van der Waals surface area (Å²) in [6.07, 6.45) is 0. The summed E-state index contributed by atoms with van der Waals surface area (Å²) >= 11 is 4.30. The predicted molar refractivity (Wildman–Crippen MR) is 40.7 cm³/mol. The van der Waals surface area contributed by atoms with Crippen LogP contribution in [0.1, 0.15) is 20.8 Å². The summed E-state index contributed by atoms with van der Waals surface area (Å²) in [5.74, 6) is 0. The van der Waals surface area contributed by atoms with Crippen molar-refractivity contribution in [1.82, 2.24) is 5.32 Å². The summed E-state index contributed by atoms with van der Waals surface area (Å²) in [5.41, 5.74) is 0.133. The Hall–Kier alpha value is -0.310. The number of hydrogen-bond acceptors (Lipinski definition) is 1. The molecule has 0 aliphatic rings. The maximum Gasteiger partial charge on any atom is 0.310 e. The Labute approximate surface area is 61.3 Å². The van der Waals surface area contributed by atoms with Gasteiger partial charge in [0.1, 0.15) is 0 Å². The van der Waals surface area contributed by atoms with Crippen molar-refractivity contribution in [3.8, 4) is 0 Å². The van der Waals surface area contributed by atoms with Crippen LogP contribution < -0.4 is 5.32 Å². The molecule has 0 aromatic heterocycles. The van der Waals surface area contributed by atoms with E-state index in [9.17, 15) is 5.11 Å². The van der Waals surface area contributed by atoms with E-state index in [1.54, 1.807) is 0 Å². The zero-order chi connectivity index (χ0) is 7.49. The Kier molecular flexibility index (Phi) is 2.91. The van der Waals surface area contributed by atoms with Crippen LogP contribution in [0.25, 0.3) is 0 Å². The first-order valence-corrected chi connectivity index (χ1v) is 3.27. The third kappa shape index (κ3) is 7.69. The molecule has 0 saturated heterocycles. The molecular formula is C6H12NOS. The van der Waals surface area contributed by atoms with Crippen LogP contribution in [0, 0.1) is 5.41 Å². The fourth-order valence-electron chi connectivity index (χ4n) is 0.337. The molecule has 0 aromatic carbocycles. The van der Waals surface area contributed by atoms with Gasteiger partial charge in [0.25, 0.3) is 0 Å². The molecule has 0 aliphatic heterocycles. The first-order valence-electron chi connectivity index (χ1n) is 2.87. The van der Waals surface area contributed by atoms with Gasteiger partial charge < -0.3 is 5.32 Å². The first-order chi connectivity index (χ1) is 3.92. The maximum absolute atomic E-state index is 10.2. The van der Waals surface area contributed by atoms with Crippen molar-refractivity contribution in [3.63, 3.8) is 0 Å². The van der Waals surface area contributed by atoms with E-state index in [2.05, 4.69) is 17.5 Å². The topological polar surface area (TPSA) is 31.9 Å². The molecule has 3 heteroatoms. The zero-order valence-electron chi connectivity index (χ0n) is 6.02. The third-order valence-electron chi connectivity index (χ3n) is 0.763. The fraction of sp³-hybridized carbons (Fsp3) is 0.833. The molecule has 0 saturated carbocycles. The molecule has 0 bridgehead atoms. The Bertz CT molecular complexity index is 106. The molecule has 2 nitrogen and oxygen atoms in total. The second kappa shape index (κ2) is 3.01. The van der Waals surface area contributed by atoms with Gasteiger partial charge in [-0.3, -0.25) is 5.11 Å². The van der Waals surface area contributed by atoms with E-state index in [4.69, 9.17) is 0 Å². The van der Waals surface area contributed by atoms with Gasteiger partial charge in [0.05, 0.1) is 0 Å². The second-order valence-corrected chi connectivity index (χ2v) is 3.57. The monoisotopic (exact) mass is 146 g/mol. The van der Waals surface area contributed by atoms with Gasteiger partial charge in [0.15, 0.2) is 0 Å². The SMILES string of the molecule is CC(C)(C)CNC([O])=S. The highest BCUT2D eigenvalue weighted by molar-refractivity contribution is 7.79. The highest BCUT2D eigenvalue weighted by Gasteiger charge is 2.09. The summed E-state index contributed by atoms with van der Waals surface area (Å²) < 4.78 is 0. The van der Waals surface area contributed by atoms with Gasteiger partial charge in [-0.2, -0.15) is 0 Å². The number of thiocarbonyl (C=S) groups is 1. The lowest BCUT2D eigenvalue weighted by atomic mass is 9.97. The molecule has 1 radical (unpaired) electrons. The van der Waals surface area contributed by atoms with Crippen molar-refractivity contribution >= 4 is 17.4 Å². The molecule has 0 rings (SSSR count). The van der Waals surface area contributed by atoms with Gasteiger partial charge in [0, 0.05) is 6.54 Å². The van der Waals surface area contributed by atoms with Crippen LogP contribution >= 0.6 is 12.2 Å². The van der Waals surface area contributed by atoms with Gasteiger partial charge in [0.2, 0.25) is 0 Å². The zero-order valence-corrected chi connectivity index (χ0v) is 6.84. The van der Waals surface area contributed by atoms with Crippen molar-refractivity contribution in [2.75, 3.05) is 6.54 Å². The highest BCUT2D eigenvalue weighted by Crippen LogP contribution is 2.09. The average molecular weight is 146 g/mol. The maximum atomic E-state index is 10.2. The molecule has 0 aliphatic carbocycles. The molecule has 0 atom stereocenters. The molecule has 0 amide bonds. The number of nitrogens with one attached hydrogen (secondary N) is 1. The summed E-state index contributed by atoms with van der Waals surface area (Å²) in [5, 5.41) is 12.4. The minimum Gasteiger partial charge on any atom is -0.343 e. The molecule has 53 valence electrons. The van der Waals surface area contributed by atoms with Gasteiger partial charge in [-0.15, -0.1) is 0 Å². The van der Waals surface area contributed by atoms with E-state index in [0.717, 1.165) is 0 Å². The summed E-state index contributed by atoms with van der Waals surface area (Å²) in [4.78, 5) is 0. The summed E-state index contributed by atoms with van der Waals surface area (Å²) in [6.45, 7) is 6.77. The van der Waals surface area contributed by atoms with Gasteiger partial charge in [-0.05, 0) is 17.6 Å². The molecule has 9 heavy (non-hydrogen) atoms. The van der Waals surface area contributed by atoms with Crippen LogP contribution in [0.3, 0.4) is 0 Å². The molecule has 0 heterocycles. The van der Waals surface area contributed by atoms with Crippen LogP contribution in [0.2, 0.25) is 0 Å². The fourth-order valence-corrected chi connectivity index (χ4v) is 0.410. The van der Waals surface area contributed by atoms with Gasteiger partial charge >= 0.3 is 5.17 Å². The number of rotatable bonds is 1. The van der Waals surface area contributed by atoms with Crippen LogP contribution in [-0.2, 0) is 5.11 Å². The Morgan fingerprint density at radius 3 is 2.11 bits per heavy atom. The van der Waals surface area contributed by atoms with Crippen molar-refractivity contribution in [2.45, 2.75) is 20.8 Å². The van der Waals surface area contributed by atoms with Crippen molar-refractivity contribution in [3.05, 3.63) is 0 Å². The Balaban J connectivity index is 3.39.